The van der Waals surface area contributed by atoms with Crippen LogP contribution in [-0.2, 0) is 0 Å². The van der Waals surface area contributed by atoms with E-state index in [0.29, 0.717) is 18.3 Å². The first kappa shape index (κ1) is 15.0. The highest BCUT2D eigenvalue weighted by atomic mass is 79.9. The third kappa shape index (κ3) is 4.59. The van der Waals surface area contributed by atoms with E-state index in [2.05, 4.69) is 52.6 Å². The van der Waals surface area contributed by atoms with Crippen LogP contribution in [0, 0.1) is 17.2 Å². The van der Waals surface area contributed by atoms with Crippen LogP contribution >= 0.6 is 31.9 Å². The lowest BCUT2D eigenvalue weighted by Gasteiger charge is -2.29. The Balaban J connectivity index is 2.69. The van der Waals surface area contributed by atoms with E-state index < -0.39 is 0 Å². The van der Waals surface area contributed by atoms with Crippen molar-refractivity contribution in [1.82, 2.24) is 0 Å². The van der Waals surface area contributed by atoms with Crippen LogP contribution in [0.4, 0.5) is 4.39 Å². The van der Waals surface area contributed by atoms with Crippen molar-refractivity contribution in [3.8, 4) is 5.75 Å². The minimum atomic E-state index is -0.283. The first-order valence-corrected chi connectivity index (χ1v) is 7.40. The minimum Gasteiger partial charge on any atom is -0.492 e. The molecular formula is C13H17Br2FO. The van der Waals surface area contributed by atoms with Crippen molar-refractivity contribution in [2.24, 2.45) is 11.3 Å². The average Bonchev–Trinajstić information content (AvgIpc) is 2.22. The molecule has 0 amide bonds. The van der Waals surface area contributed by atoms with Gasteiger partial charge in [-0.15, -0.1) is 0 Å². The van der Waals surface area contributed by atoms with E-state index in [0.717, 1.165) is 9.80 Å². The zero-order valence-electron chi connectivity index (χ0n) is 10.3. The van der Waals surface area contributed by atoms with Crippen LogP contribution in [0.2, 0.25) is 0 Å². The highest BCUT2D eigenvalue weighted by molar-refractivity contribution is 9.10. The fraction of sp³-hybridized carbons (Fsp3) is 0.538. The number of rotatable bonds is 4. The molecule has 0 aliphatic rings. The minimum absolute atomic E-state index is 0.156. The molecule has 1 rings (SSSR count). The third-order valence-corrected chi connectivity index (χ3v) is 4.18. The Bertz CT molecular complexity index is 374. The van der Waals surface area contributed by atoms with E-state index in [-0.39, 0.29) is 11.2 Å². The van der Waals surface area contributed by atoms with Crippen LogP contribution in [0.5, 0.6) is 5.75 Å². The number of benzene rings is 1. The largest absolute Gasteiger partial charge is 0.492 e. The van der Waals surface area contributed by atoms with Crippen LogP contribution in [-0.4, -0.2) is 11.9 Å². The van der Waals surface area contributed by atoms with E-state index in [1.54, 1.807) is 6.07 Å². The van der Waals surface area contributed by atoms with Crippen molar-refractivity contribution in [3.63, 3.8) is 0 Å². The molecule has 0 heterocycles. The lowest BCUT2D eigenvalue weighted by atomic mass is 9.83. The summed E-state index contributed by atoms with van der Waals surface area (Å²) in [5.41, 5.74) is 0.156. The van der Waals surface area contributed by atoms with Gasteiger partial charge in [0.05, 0.1) is 11.1 Å². The molecule has 0 aliphatic heterocycles. The summed E-state index contributed by atoms with van der Waals surface area (Å²) in [6, 6.07) is 4.46. The van der Waals surface area contributed by atoms with Crippen molar-refractivity contribution in [1.29, 1.82) is 0 Å². The second kappa shape index (κ2) is 6.19. The lowest BCUT2D eigenvalue weighted by molar-refractivity contribution is 0.165. The lowest BCUT2D eigenvalue weighted by Crippen LogP contribution is -2.27. The maximum Gasteiger partial charge on any atom is 0.136 e. The van der Waals surface area contributed by atoms with Gasteiger partial charge in [0.15, 0.2) is 0 Å². The Kier molecular flexibility index (Phi) is 5.45. The van der Waals surface area contributed by atoms with Crippen LogP contribution in [0.1, 0.15) is 20.8 Å². The predicted octanol–water partition coefficient (Wildman–Crippen LogP) is 5.02. The van der Waals surface area contributed by atoms with Gasteiger partial charge in [-0.3, -0.25) is 0 Å². The second-order valence-electron chi connectivity index (χ2n) is 5.10. The molecule has 0 fully saturated rings. The van der Waals surface area contributed by atoms with Gasteiger partial charge in [-0.05, 0) is 33.5 Å². The van der Waals surface area contributed by atoms with Crippen molar-refractivity contribution in [3.05, 3.63) is 28.5 Å². The van der Waals surface area contributed by atoms with E-state index in [9.17, 15) is 4.39 Å². The Morgan fingerprint density at radius 3 is 2.53 bits per heavy atom. The quantitative estimate of drug-likeness (QED) is 0.678. The van der Waals surface area contributed by atoms with Gasteiger partial charge >= 0.3 is 0 Å². The summed E-state index contributed by atoms with van der Waals surface area (Å²) in [4.78, 5) is 0. The van der Waals surface area contributed by atoms with E-state index in [1.165, 1.54) is 12.1 Å². The molecule has 0 radical (unpaired) electrons. The maximum absolute atomic E-state index is 13.1. The van der Waals surface area contributed by atoms with Crippen LogP contribution in [0.15, 0.2) is 22.7 Å². The number of halogens is 3. The van der Waals surface area contributed by atoms with Gasteiger partial charge in [0.1, 0.15) is 11.6 Å². The molecule has 0 saturated carbocycles. The molecule has 0 aliphatic carbocycles. The molecule has 0 saturated heterocycles. The summed E-state index contributed by atoms with van der Waals surface area (Å²) in [6.07, 6.45) is 0. The summed E-state index contributed by atoms with van der Waals surface area (Å²) in [7, 11) is 0. The molecule has 4 heteroatoms. The van der Waals surface area contributed by atoms with E-state index in [4.69, 9.17) is 4.74 Å². The molecule has 0 N–H and O–H groups in total. The molecule has 1 nitrogen and oxygen atoms in total. The first-order valence-electron chi connectivity index (χ1n) is 5.48. The Labute approximate surface area is 119 Å². The van der Waals surface area contributed by atoms with E-state index in [1.807, 2.05) is 0 Å². The average molecular weight is 368 g/mol. The van der Waals surface area contributed by atoms with Gasteiger partial charge in [-0.25, -0.2) is 4.39 Å². The number of ether oxygens (including phenoxy) is 1. The summed E-state index contributed by atoms with van der Waals surface area (Å²) in [5, 5.41) is 0.865. The maximum atomic E-state index is 13.1. The van der Waals surface area contributed by atoms with Crippen LogP contribution in [0.3, 0.4) is 0 Å². The zero-order valence-corrected chi connectivity index (χ0v) is 13.4. The van der Waals surface area contributed by atoms with E-state index >= 15 is 0 Å². The van der Waals surface area contributed by atoms with Crippen molar-refractivity contribution in [2.45, 2.75) is 20.8 Å². The number of hydrogen-bond donors (Lipinski definition) is 0. The SMILES string of the molecule is CC(C)(C)C(CBr)COc1cc(F)ccc1Br. The molecule has 1 atom stereocenters. The van der Waals surface area contributed by atoms with Gasteiger partial charge in [-0.2, -0.15) is 0 Å². The highest BCUT2D eigenvalue weighted by Gasteiger charge is 2.24. The Morgan fingerprint density at radius 2 is 2.00 bits per heavy atom. The smallest absolute Gasteiger partial charge is 0.136 e. The van der Waals surface area contributed by atoms with Gasteiger partial charge in [0.2, 0.25) is 0 Å². The first-order chi connectivity index (χ1) is 7.84. The van der Waals surface area contributed by atoms with Crippen LogP contribution in [0.25, 0.3) is 0 Å². The van der Waals surface area contributed by atoms with Gasteiger partial charge in [-0.1, -0.05) is 36.7 Å². The van der Waals surface area contributed by atoms with Crippen molar-refractivity contribution < 1.29 is 9.13 Å². The summed E-state index contributed by atoms with van der Waals surface area (Å²) >= 11 is 6.84. The van der Waals surface area contributed by atoms with Gasteiger partial charge in [0, 0.05) is 17.3 Å². The van der Waals surface area contributed by atoms with Crippen LogP contribution < -0.4 is 4.74 Å². The molecule has 0 aromatic heterocycles. The Morgan fingerprint density at radius 1 is 1.35 bits per heavy atom. The monoisotopic (exact) mass is 366 g/mol. The standard InChI is InChI=1S/C13H17Br2FO/c1-13(2,3)9(7-14)8-17-12-6-10(16)4-5-11(12)15/h4-6,9H,7-8H2,1-3H3. The van der Waals surface area contributed by atoms with Gasteiger partial charge in [0.25, 0.3) is 0 Å². The zero-order chi connectivity index (χ0) is 13.1. The summed E-state index contributed by atoms with van der Waals surface area (Å²) in [6.45, 7) is 7.07. The molecule has 0 bridgehead atoms. The Hall–Kier alpha value is -0.0900. The molecule has 1 aromatic rings. The van der Waals surface area contributed by atoms with Crippen molar-refractivity contribution in [2.75, 3.05) is 11.9 Å². The van der Waals surface area contributed by atoms with Crippen molar-refractivity contribution >= 4 is 31.9 Å². The predicted molar refractivity (Wildman–Crippen MR) is 76.3 cm³/mol. The molecule has 96 valence electrons. The molecule has 17 heavy (non-hydrogen) atoms. The molecule has 0 spiro atoms. The molecule has 1 aromatic carbocycles. The summed E-state index contributed by atoms with van der Waals surface area (Å²) < 4.78 is 19.5. The third-order valence-electron chi connectivity index (χ3n) is 2.74. The fourth-order valence-corrected chi connectivity index (χ4v) is 2.82. The normalized spacial score (nSPS) is 13.5. The topological polar surface area (TPSA) is 9.23 Å². The number of hydrogen-bond acceptors (Lipinski definition) is 1. The highest BCUT2D eigenvalue weighted by Crippen LogP contribution is 2.30. The fourth-order valence-electron chi connectivity index (χ4n) is 1.30. The summed E-state index contributed by atoms with van der Waals surface area (Å²) in [5.74, 6) is 0.646. The number of alkyl halides is 1. The second-order valence-corrected chi connectivity index (χ2v) is 6.60. The molecule has 1 unspecified atom stereocenters. The molecular weight excluding hydrogens is 351 g/mol. The van der Waals surface area contributed by atoms with Gasteiger partial charge < -0.3 is 4.74 Å².